The average Bonchev–Trinajstić information content (AvgIpc) is 2.60. The van der Waals surface area contributed by atoms with Gasteiger partial charge in [-0.1, -0.05) is 6.07 Å². The lowest BCUT2D eigenvalue weighted by atomic mass is 10.1. The average molecular weight is 401 g/mol. The fourth-order valence-electron chi connectivity index (χ4n) is 2.59. The molecule has 1 heterocycles. The molecule has 10 heteroatoms. The molecule has 0 unspecified atom stereocenters. The van der Waals surface area contributed by atoms with Gasteiger partial charge in [0.1, 0.15) is 5.82 Å². The zero-order chi connectivity index (χ0) is 20.0. The number of rotatable bonds is 2. The first-order valence-electron chi connectivity index (χ1n) is 7.37. The van der Waals surface area contributed by atoms with Crippen LogP contribution in [0.5, 0.6) is 0 Å². The lowest BCUT2D eigenvalue weighted by Crippen LogP contribution is -2.26. The molecule has 0 spiro atoms. The number of hydrogen-bond donors (Lipinski definition) is 0. The normalized spacial score (nSPS) is 15.7. The number of carbonyl (C=O) groups excluding carboxylic acids is 1. The van der Waals surface area contributed by atoms with E-state index in [1.807, 2.05) is 0 Å². The quantitative estimate of drug-likeness (QED) is 0.435. The zero-order valence-corrected chi connectivity index (χ0v) is 14.4. The van der Waals surface area contributed by atoms with Crippen LogP contribution in [0, 0.1) is 5.82 Å². The summed E-state index contributed by atoms with van der Waals surface area (Å²) in [5.74, 6) is -1.99. The maximum Gasteiger partial charge on any atom is 0.416 e. The van der Waals surface area contributed by atoms with Gasteiger partial charge in [0.25, 0.3) is 0 Å². The van der Waals surface area contributed by atoms with Crippen LogP contribution in [-0.4, -0.2) is 21.5 Å². The molecule has 0 bridgehead atoms. The molecule has 27 heavy (non-hydrogen) atoms. The molecular weight excluding hydrogens is 390 g/mol. The van der Waals surface area contributed by atoms with Gasteiger partial charge in [0.15, 0.2) is 4.91 Å². The summed E-state index contributed by atoms with van der Waals surface area (Å²) in [4.78, 5) is 11.7. The molecule has 0 aromatic heterocycles. The topological polar surface area (TPSA) is 63.7 Å². The molecule has 0 N–H and O–H groups in total. The van der Waals surface area contributed by atoms with E-state index in [4.69, 9.17) is 0 Å². The molecule has 0 fully saturated rings. The molecule has 3 rings (SSSR count). The van der Waals surface area contributed by atoms with Crippen LogP contribution >= 0.6 is 0 Å². The highest BCUT2D eigenvalue weighted by Crippen LogP contribution is 2.41. The Morgan fingerprint density at radius 2 is 1.81 bits per heavy atom. The summed E-state index contributed by atoms with van der Waals surface area (Å²) in [5, 5.41) is 0. The first-order chi connectivity index (χ1) is 12.6. The Balaban J connectivity index is 2.28. The highest BCUT2D eigenvalue weighted by Gasteiger charge is 2.37. The fraction of sp³-hybridized carbons (Fsp3) is 0.118. The van der Waals surface area contributed by atoms with Gasteiger partial charge in [0.05, 0.1) is 23.3 Å². The van der Waals surface area contributed by atoms with Gasteiger partial charge in [-0.3, -0.25) is 0 Å². The molecular formula is C17H11F4NO4S. The summed E-state index contributed by atoms with van der Waals surface area (Å²) in [6.07, 6.45) is -3.82. The van der Waals surface area contributed by atoms with Crippen LogP contribution in [0.4, 0.5) is 28.9 Å². The molecule has 0 aliphatic carbocycles. The van der Waals surface area contributed by atoms with E-state index < -0.39 is 43.2 Å². The third-order valence-electron chi connectivity index (χ3n) is 3.84. The Kier molecular flexibility index (Phi) is 4.46. The molecule has 2 aromatic carbocycles. The minimum Gasteiger partial charge on any atom is -0.465 e. The Labute approximate surface area is 151 Å². The number of alkyl halides is 3. The van der Waals surface area contributed by atoms with Crippen LogP contribution in [0.25, 0.3) is 0 Å². The van der Waals surface area contributed by atoms with E-state index in [0.717, 1.165) is 54.6 Å². The maximum atomic E-state index is 13.7. The van der Waals surface area contributed by atoms with Crippen LogP contribution in [0.15, 0.2) is 58.5 Å². The van der Waals surface area contributed by atoms with Crippen molar-refractivity contribution < 1.29 is 35.5 Å². The lowest BCUT2D eigenvalue weighted by molar-refractivity contribution is -0.137. The molecule has 142 valence electrons. The third-order valence-corrected chi connectivity index (χ3v) is 5.62. The first kappa shape index (κ1) is 18.9. The second kappa shape index (κ2) is 6.38. The third kappa shape index (κ3) is 3.27. The van der Waals surface area contributed by atoms with E-state index in [-0.39, 0.29) is 11.4 Å². The second-order valence-electron chi connectivity index (χ2n) is 5.52. The summed E-state index contributed by atoms with van der Waals surface area (Å²) in [5.41, 5.74) is -1.31. The molecule has 1 aliphatic rings. The zero-order valence-electron chi connectivity index (χ0n) is 13.6. The molecule has 2 aromatic rings. The van der Waals surface area contributed by atoms with E-state index in [0.29, 0.717) is 0 Å². The predicted octanol–water partition coefficient (Wildman–Crippen LogP) is 3.78. The van der Waals surface area contributed by atoms with Crippen LogP contribution in [0.2, 0.25) is 0 Å². The number of ether oxygens (including phenoxy) is 1. The predicted molar refractivity (Wildman–Crippen MR) is 87.3 cm³/mol. The number of anilines is 2. The number of nitrogens with zero attached hydrogens (tertiary/aromatic N) is 1. The van der Waals surface area contributed by atoms with Crippen molar-refractivity contribution in [2.45, 2.75) is 11.1 Å². The molecule has 0 saturated heterocycles. The summed E-state index contributed by atoms with van der Waals surface area (Å²) in [6, 6.07) is 6.66. The Morgan fingerprint density at radius 1 is 1.11 bits per heavy atom. The Morgan fingerprint density at radius 3 is 2.44 bits per heavy atom. The number of methoxy groups -OCH3 is 1. The standard InChI is InChI=1S/C17H11F4NO4S/c1-26-16(23)15-9-22(12-4-2-3-10(7-12)17(19,20)21)13-8-11(18)5-6-14(13)27(15,24)25/h2-9H,1H3. The lowest BCUT2D eigenvalue weighted by Gasteiger charge is -2.28. The van der Waals surface area contributed by atoms with Crippen molar-refractivity contribution in [2.75, 3.05) is 12.0 Å². The summed E-state index contributed by atoms with van der Waals surface area (Å²) in [6.45, 7) is 0. The van der Waals surface area contributed by atoms with Crippen molar-refractivity contribution in [1.29, 1.82) is 0 Å². The number of halogens is 4. The van der Waals surface area contributed by atoms with Crippen molar-refractivity contribution in [3.05, 3.63) is 65.0 Å². The Bertz CT molecular complexity index is 1060. The van der Waals surface area contributed by atoms with Crippen molar-refractivity contribution in [2.24, 2.45) is 0 Å². The smallest absolute Gasteiger partial charge is 0.416 e. The van der Waals surface area contributed by atoms with Gasteiger partial charge in [-0.15, -0.1) is 0 Å². The van der Waals surface area contributed by atoms with Crippen LogP contribution in [-0.2, 0) is 25.5 Å². The molecule has 0 atom stereocenters. The van der Waals surface area contributed by atoms with Crippen LogP contribution in [0.3, 0.4) is 0 Å². The number of hydrogen-bond acceptors (Lipinski definition) is 5. The Hall–Kier alpha value is -2.88. The molecule has 1 aliphatic heterocycles. The molecule has 0 amide bonds. The maximum absolute atomic E-state index is 13.7. The van der Waals surface area contributed by atoms with E-state index >= 15 is 0 Å². The SMILES string of the molecule is COC(=O)C1=CN(c2cccc(C(F)(F)F)c2)c2cc(F)ccc2S1(=O)=O. The van der Waals surface area contributed by atoms with Gasteiger partial charge in [0, 0.05) is 11.9 Å². The van der Waals surface area contributed by atoms with Crippen LogP contribution in [0.1, 0.15) is 5.56 Å². The minimum atomic E-state index is -4.64. The minimum absolute atomic E-state index is 0.104. The summed E-state index contributed by atoms with van der Waals surface area (Å²) >= 11 is 0. The highest BCUT2D eigenvalue weighted by molar-refractivity contribution is 7.96. The monoisotopic (exact) mass is 401 g/mol. The number of benzene rings is 2. The van der Waals surface area contributed by atoms with Crippen molar-refractivity contribution in [3.8, 4) is 0 Å². The van der Waals surface area contributed by atoms with Crippen LogP contribution < -0.4 is 4.90 Å². The molecule has 0 radical (unpaired) electrons. The van der Waals surface area contributed by atoms with Gasteiger partial charge in [-0.2, -0.15) is 13.2 Å². The number of fused-ring (bicyclic) bond motifs is 1. The number of sulfone groups is 1. The van der Waals surface area contributed by atoms with Gasteiger partial charge < -0.3 is 9.64 Å². The van der Waals surface area contributed by atoms with E-state index in [1.165, 1.54) is 6.07 Å². The van der Waals surface area contributed by atoms with Gasteiger partial charge >= 0.3 is 12.1 Å². The number of esters is 1. The van der Waals surface area contributed by atoms with E-state index in [1.54, 1.807) is 0 Å². The van der Waals surface area contributed by atoms with Gasteiger partial charge in [-0.25, -0.2) is 17.6 Å². The summed E-state index contributed by atoms with van der Waals surface area (Å²) < 4.78 is 82.5. The first-order valence-corrected chi connectivity index (χ1v) is 8.85. The van der Waals surface area contributed by atoms with E-state index in [9.17, 15) is 30.8 Å². The van der Waals surface area contributed by atoms with Crippen molar-refractivity contribution in [3.63, 3.8) is 0 Å². The van der Waals surface area contributed by atoms with Gasteiger partial charge in [0.2, 0.25) is 9.84 Å². The second-order valence-corrected chi connectivity index (χ2v) is 7.41. The molecule has 5 nitrogen and oxygen atoms in total. The van der Waals surface area contributed by atoms with Crippen molar-refractivity contribution in [1.82, 2.24) is 0 Å². The van der Waals surface area contributed by atoms with Gasteiger partial charge in [-0.05, 0) is 36.4 Å². The van der Waals surface area contributed by atoms with Crippen molar-refractivity contribution >= 4 is 27.2 Å². The largest absolute Gasteiger partial charge is 0.465 e. The summed E-state index contributed by atoms with van der Waals surface area (Å²) in [7, 11) is -3.37. The molecule has 0 saturated carbocycles. The van der Waals surface area contributed by atoms with E-state index in [2.05, 4.69) is 4.74 Å². The number of carbonyl (C=O) groups is 1. The fourth-order valence-corrected chi connectivity index (χ4v) is 4.05. The highest BCUT2D eigenvalue weighted by atomic mass is 32.2.